The number of aliphatic hydroxyl groups is 1. The van der Waals surface area contributed by atoms with E-state index in [4.69, 9.17) is 4.74 Å². The van der Waals surface area contributed by atoms with E-state index in [0.29, 0.717) is 48.8 Å². The first-order valence-electron chi connectivity index (χ1n) is 10.8. The molecule has 4 heterocycles. The Hall–Kier alpha value is -3.17. The topological polar surface area (TPSA) is 83.4 Å². The zero-order valence-electron chi connectivity index (χ0n) is 18.8. The van der Waals surface area contributed by atoms with Crippen molar-refractivity contribution >= 4 is 11.4 Å². The van der Waals surface area contributed by atoms with Gasteiger partial charge in [-0.15, -0.1) is 0 Å². The SMILES string of the molecule is Cc1ncc(NC(O)c2ccnc(C(C)(C)F)c2)cc1-c1cnc(F)c(N2CCOCC2)c1. The Morgan fingerprint density at radius 3 is 2.61 bits per heavy atom. The monoisotopic (exact) mass is 455 g/mol. The number of alkyl halides is 1. The van der Waals surface area contributed by atoms with E-state index in [1.165, 1.54) is 32.3 Å². The molecule has 7 nitrogen and oxygen atoms in total. The molecule has 174 valence electrons. The molecule has 0 spiro atoms. The minimum absolute atomic E-state index is 0.233. The molecule has 0 bridgehead atoms. The first-order chi connectivity index (χ1) is 15.7. The predicted octanol–water partition coefficient (Wildman–Crippen LogP) is 4.13. The average Bonchev–Trinajstić information content (AvgIpc) is 2.81. The van der Waals surface area contributed by atoms with Crippen LogP contribution in [-0.2, 0) is 10.4 Å². The van der Waals surface area contributed by atoms with Crippen LogP contribution in [-0.4, -0.2) is 46.4 Å². The number of aliphatic hydroxyl groups excluding tert-OH is 1. The fraction of sp³-hybridized carbons (Fsp3) is 0.375. The maximum Gasteiger partial charge on any atom is 0.236 e. The molecule has 1 aliphatic rings. The Morgan fingerprint density at radius 1 is 1.12 bits per heavy atom. The highest BCUT2D eigenvalue weighted by atomic mass is 19.1. The zero-order chi connectivity index (χ0) is 23.6. The molecule has 1 atom stereocenters. The molecule has 1 fully saturated rings. The predicted molar refractivity (Wildman–Crippen MR) is 122 cm³/mol. The van der Waals surface area contributed by atoms with Crippen LogP contribution in [0.2, 0.25) is 0 Å². The van der Waals surface area contributed by atoms with Crippen LogP contribution in [0.5, 0.6) is 0 Å². The first-order valence-corrected chi connectivity index (χ1v) is 10.8. The highest BCUT2D eigenvalue weighted by Gasteiger charge is 2.22. The number of ether oxygens (including phenoxy) is 1. The molecule has 0 aromatic carbocycles. The summed E-state index contributed by atoms with van der Waals surface area (Å²) >= 11 is 0. The summed E-state index contributed by atoms with van der Waals surface area (Å²) in [6, 6.07) is 6.73. The largest absolute Gasteiger partial charge is 0.378 e. The lowest BCUT2D eigenvalue weighted by molar-refractivity contribution is 0.122. The fourth-order valence-corrected chi connectivity index (χ4v) is 3.70. The van der Waals surface area contributed by atoms with E-state index < -0.39 is 17.8 Å². The molecule has 0 saturated carbocycles. The Bertz CT molecular complexity index is 1130. The number of pyridine rings is 3. The molecule has 3 aromatic rings. The minimum Gasteiger partial charge on any atom is -0.378 e. The third kappa shape index (κ3) is 5.26. The standard InChI is InChI=1S/C24H27F2N5O2/c1-15-19(17-10-20(22(25)29-13-17)31-6-8-33-9-7-31)12-18(14-28-15)30-23(32)16-4-5-27-21(11-16)24(2,3)26/h4-5,10-14,23,30,32H,6-9H2,1-3H3. The van der Waals surface area contributed by atoms with Gasteiger partial charge in [0, 0.05) is 47.9 Å². The highest BCUT2D eigenvalue weighted by Crippen LogP contribution is 2.31. The second kappa shape index (κ2) is 9.36. The average molecular weight is 456 g/mol. The van der Waals surface area contributed by atoms with E-state index in [9.17, 15) is 13.9 Å². The quantitative estimate of drug-likeness (QED) is 0.427. The van der Waals surface area contributed by atoms with Crippen molar-refractivity contribution in [3.05, 3.63) is 65.8 Å². The van der Waals surface area contributed by atoms with Gasteiger partial charge < -0.3 is 20.1 Å². The lowest BCUT2D eigenvalue weighted by Crippen LogP contribution is -2.36. The highest BCUT2D eigenvalue weighted by molar-refractivity contribution is 5.72. The summed E-state index contributed by atoms with van der Waals surface area (Å²) in [4.78, 5) is 14.3. The van der Waals surface area contributed by atoms with Crippen molar-refractivity contribution < 1.29 is 18.6 Å². The maximum absolute atomic E-state index is 14.4. The van der Waals surface area contributed by atoms with Gasteiger partial charge in [-0.05, 0) is 45.0 Å². The molecule has 3 aromatic heterocycles. The second-order valence-electron chi connectivity index (χ2n) is 8.48. The number of rotatable bonds is 6. The number of hydrogen-bond acceptors (Lipinski definition) is 7. The van der Waals surface area contributed by atoms with Crippen LogP contribution in [0.15, 0.2) is 42.9 Å². The lowest BCUT2D eigenvalue weighted by atomic mass is 10.0. The molecular formula is C24H27F2N5O2. The van der Waals surface area contributed by atoms with Crippen LogP contribution >= 0.6 is 0 Å². The van der Waals surface area contributed by atoms with Gasteiger partial charge >= 0.3 is 0 Å². The molecule has 2 N–H and O–H groups in total. The van der Waals surface area contributed by atoms with Gasteiger partial charge in [0.25, 0.3) is 0 Å². The van der Waals surface area contributed by atoms with E-state index in [-0.39, 0.29) is 5.69 Å². The number of aryl methyl sites for hydroxylation is 1. The minimum atomic E-state index is -1.62. The van der Waals surface area contributed by atoms with Gasteiger partial charge in [-0.3, -0.25) is 9.97 Å². The second-order valence-corrected chi connectivity index (χ2v) is 8.48. The van der Waals surface area contributed by atoms with Crippen molar-refractivity contribution in [2.75, 3.05) is 36.5 Å². The summed E-state index contributed by atoms with van der Waals surface area (Å²) in [5.41, 5.74) is 2.28. The van der Waals surface area contributed by atoms with E-state index in [1.807, 2.05) is 17.9 Å². The molecule has 4 rings (SSSR count). The van der Waals surface area contributed by atoms with Crippen LogP contribution in [0.3, 0.4) is 0 Å². The normalized spacial score (nSPS) is 15.4. The molecule has 0 radical (unpaired) electrons. The Morgan fingerprint density at radius 2 is 1.88 bits per heavy atom. The summed E-state index contributed by atoms with van der Waals surface area (Å²) < 4.78 is 34.1. The molecule has 33 heavy (non-hydrogen) atoms. The first kappa shape index (κ1) is 23.0. The molecule has 1 aliphatic heterocycles. The van der Waals surface area contributed by atoms with Crippen molar-refractivity contribution in [1.82, 2.24) is 15.0 Å². The van der Waals surface area contributed by atoms with Gasteiger partial charge in [0.1, 0.15) is 5.67 Å². The number of aromatic nitrogens is 3. The van der Waals surface area contributed by atoms with Gasteiger partial charge in [-0.1, -0.05) is 0 Å². The molecule has 1 unspecified atom stereocenters. The molecule has 1 saturated heterocycles. The summed E-state index contributed by atoms with van der Waals surface area (Å²) in [5.74, 6) is -0.528. The van der Waals surface area contributed by atoms with Gasteiger partial charge in [0.15, 0.2) is 6.23 Å². The summed E-state index contributed by atoms with van der Waals surface area (Å²) in [6.07, 6.45) is 3.44. The van der Waals surface area contributed by atoms with Crippen molar-refractivity contribution in [3.8, 4) is 11.1 Å². The molecule has 0 aliphatic carbocycles. The number of nitrogens with zero attached hydrogens (tertiary/aromatic N) is 4. The molecule has 0 amide bonds. The molecular weight excluding hydrogens is 428 g/mol. The maximum atomic E-state index is 14.4. The van der Waals surface area contributed by atoms with Crippen LogP contribution < -0.4 is 10.2 Å². The van der Waals surface area contributed by atoms with Gasteiger partial charge in [-0.2, -0.15) is 4.39 Å². The van der Waals surface area contributed by atoms with Crippen LogP contribution in [0.4, 0.5) is 20.2 Å². The third-order valence-electron chi connectivity index (χ3n) is 5.58. The van der Waals surface area contributed by atoms with E-state index in [2.05, 4.69) is 20.3 Å². The Labute approximate surface area is 191 Å². The Balaban J connectivity index is 1.60. The third-order valence-corrected chi connectivity index (χ3v) is 5.58. The van der Waals surface area contributed by atoms with Crippen LogP contribution in [0, 0.1) is 12.9 Å². The Kier molecular flexibility index (Phi) is 6.53. The lowest BCUT2D eigenvalue weighted by Gasteiger charge is -2.29. The molecule has 9 heteroatoms. The van der Waals surface area contributed by atoms with Crippen LogP contribution in [0.1, 0.15) is 37.0 Å². The number of hydrogen-bond donors (Lipinski definition) is 2. The van der Waals surface area contributed by atoms with Gasteiger partial charge in [-0.25, -0.2) is 9.37 Å². The van der Waals surface area contributed by atoms with Crippen molar-refractivity contribution in [1.29, 1.82) is 0 Å². The van der Waals surface area contributed by atoms with Crippen molar-refractivity contribution in [2.24, 2.45) is 0 Å². The smallest absolute Gasteiger partial charge is 0.236 e. The number of nitrogens with one attached hydrogen (secondary N) is 1. The van der Waals surface area contributed by atoms with Gasteiger partial charge in [0.2, 0.25) is 5.95 Å². The van der Waals surface area contributed by atoms with E-state index in [0.717, 1.165) is 11.3 Å². The summed E-state index contributed by atoms with van der Waals surface area (Å²) in [7, 11) is 0. The van der Waals surface area contributed by atoms with Crippen LogP contribution in [0.25, 0.3) is 11.1 Å². The van der Waals surface area contributed by atoms with E-state index >= 15 is 0 Å². The van der Waals surface area contributed by atoms with Crippen molar-refractivity contribution in [3.63, 3.8) is 0 Å². The number of halogens is 2. The summed E-state index contributed by atoms with van der Waals surface area (Å²) in [6.45, 7) is 6.95. The van der Waals surface area contributed by atoms with Crippen molar-refractivity contribution in [2.45, 2.75) is 32.7 Å². The van der Waals surface area contributed by atoms with Gasteiger partial charge in [0.05, 0.1) is 36.5 Å². The zero-order valence-corrected chi connectivity index (χ0v) is 18.8. The van der Waals surface area contributed by atoms with E-state index in [1.54, 1.807) is 18.3 Å². The fourth-order valence-electron chi connectivity index (χ4n) is 3.70. The summed E-state index contributed by atoms with van der Waals surface area (Å²) in [5, 5.41) is 13.7. The number of morpholine rings is 1. The number of anilines is 2.